The molecule has 0 heterocycles. The molecule has 0 fully saturated rings. The van der Waals surface area contributed by atoms with Gasteiger partial charge in [0.05, 0.1) is 24.0 Å². The van der Waals surface area contributed by atoms with Gasteiger partial charge in [-0.15, -0.1) is 0 Å². The van der Waals surface area contributed by atoms with Crippen LogP contribution < -0.4 is 10.2 Å². The van der Waals surface area contributed by atoms with E-state index in [1.165, 1.54) is 19.4 Å². The SMILES string of the molecule is COc1c(F)cc(C=NNc2ccccc2)cc1Cl. The summed E-state index contributed by atoms with van der Waals surface area (Å²) >= 11 is 5.88. The second-order valence-corrected chi connectivity index (χ2v) is 4.16. The van der Waals surface area contributed by atoms with E-state index in [1.807, 2.05) is 30.3 Å². The Hall–Kier alpha value is -2.07. The highest BCUT2D eigenvalue weighted by Crippen LogP contribution is 2.28. The van der Waals surface area contributed by atoms with Gasteiger partial charge in [0.1, 0.15) is 0 Å². The van der Waals surface area contributed by atoms with Crippen LogP contribution in [0, 0.1) is 5.82 Å². The average molecular weight is 279 g/mol. The molecule has 3 nitrogen and oxygen atoms in total. The zero-order valence-electron chi connectivity index (χ0n) is 10.2. The largest absolute Gasteiger partial charge is 0.492 e. The van der Waals surface area contributed by atoms with Gasteiger partial charge < -0.3 is 4.74 Å². The number of hydrogen-bond acceptors (Lipinski definition) is 3. The maximum Gasteiger partial charge on any atom is 0.173 e. The van der Waals surface area contributed by atoms with Gasteiger partial charge in [0.15, 0.2) is 11.6 Å². The van der Waals surface area contributed by atoms with E-state index >= 15 is 0 Å². The number of hydrogen-bond donors (Lipinski definition) is 1. The standard InChI is InChI=1S/C14H12ClFN2O/c1-19-14-12(15)7-10(8-13(14)16)9-17-18-11-5-3-2-4-6-11/h2-9,18H,1H3. The molecule has 0 aliphatic heterocycles. The lowest BCUT2D eigenvalue weighted by molar-refractivity contribution is 0.387. The third-order valence-electron chi connectivity index (χ3n) is 2.41. The van der Waals surface area contributed by atoms with Crippen LogP contribution in [0.4, 0.5) is 10.1 Å². The molecule has 1 N–H and O–H groups in total. The van der Waals surface area contributed by atoms with E-state index in [9.17, 15) is 4.39 Å². The van der Waals surface area contributed by atoms with E-state index in [1.54, 1.807) is 6.07 Å². The van der Waals surface area contributed by atoms with E-state index in [4.69, 9.17) is 16.3 Å². The molecule has 0 amide bonds. The average Bonchev–Trinajstić information content (AvgIpc) is 2.40. The van der Waals surface area contributed by atoms with Crippen molar-refractivity contribution in [3.8, 4) is 5.75 Å². The first-order chi connectivity index (χ1) is 9.20. The molecule has 0 aliphatic rings. The van der Waals surface area contributed by atoms with Crippen LogP contribution >= 0.6 is 11.6 Å². The first-order valence-corrected chi connectivity index (χ1v) is 5.95. The van der Waals surface area contributed by atoms with Crippen LogP contribution in [0.25, 0.3) is 0 Å². The molecule has 0 radical (unpaired) electrons. The van der Waals surface area contributed by atoms with Gasteiger partial charge in [0.25, 0.3) is 0 Å². The molecule has 0 aliphatic carbocycles. The van der Waals surface area contributed by atoms with E-state index < -0.39 is 5.82 Å². The number of methoxy groups -OCH3 is 1. The highest BCUT2D eigenvalue weighted by molar-refractivity contribution is 6.32. The molecule has 0 spiro atoms. The fraction of sp³-hybridized carbons (Fsp3) is 0.0714. The van der Waals surface area contributed by atoms with E-state index in [2.05, 4.69) is 10.5 Å². The van der Waals surface area contributed by atoms with Crippen molar-refractivity contribution in [2.24, 2.45) is 5.10 Å². The maximum absolute atomic E-state index is 13.6. The van der Waals surface area contributed by atoms with Crippen molar-refractivity contribution in [3.05, 3.63) is 58.9 Å². The lowest BCUT2D eigenvalue weighted by Crippen LogP contribution is -1.94. The molecule has 0 saturated carbocycles. The van der Waals surface area contributed by atoms with Gasteiger partial charge in [0.2, 0.25) is 0 Å². The number of para-hydroxylation sites is 1. The highest BCUT2D eigenvalue weighted by Gasteiger charge is 2.08. The normalized spacial score (nSPS) is 10.7. The Kier molecular flexibility index (Phi) is 4.36. The lowest BCUT2D eigenvalue weighted by Gasteiger charge is -2.05. The number of nitrogens with zero attached hydrogens (tertiary/aromatic N) is 1. The molecule has 0 bridgehead atoms. The molecule has 2 rings (SSSR count). The van der Waals surface area contributed by atoms with Crippen LogP contribution in [0.15, 0.2) is 47.6 Å². The van der Waals surface area contributed by atoms with Crippen molar-refractivity contribution < 1.29 is 9.13 Å². The Bertz CT molecular complexity index is 564. The molecule has 98 valence electrons. The topological polar surface area (TPSA) is 33.6 Å². The fourth-order valence-electron chi connectivity index (χ4n) is 1.54. The molecular weight excluding hydrogens is 267 g/mol. The molecule has 0 aromatic heterocycles. The number of halogens is 2. The summed E-state index contributed by atoms with van der Waals surface area (Å²) < 4.78 is 18.4. The Balaban J connectivity index is 2.11. The smallest absolute Gasteiger partial charge is 0.173 e. The highest BCUT2D eigenvalue weighted by atomic mass is 35.5. The number of nitrogens with one attached hydrogen (secondary N) is 1. The minimum absolute atomic E-state index is 0.0369. The Morgan fingerprint density at radius 3 is 2.63 bits per heavy atom. The van der Waals surface area contributed by atoms with Gasteiger partial charge in [-0.2, -0.15) is 5.10 Å². The zero-order valence-corrected chi connectivity index (χ0v) is 11.0. The Morgan fingerprint density at radius 2 is 2.00 bits per heavy atom. The van der Waals surface area contributed by atoms with Crippen molar-refractivity contribution >= 4 is 23.5 Å². The third-order valence-corrected chi connectivity index (χ3v) is 2.69. The summed E-state index contributed by atoms with van der Waals surface area (Å²) in [7, 11) is 1.37. The predicted octanol–water partition coefficient (Wildman–Crippen LogP) is 3.93. The summed E-state index contributed by atoms with van der Waals surface area (Å²) in [5.74, 6) is -0.481. The first-order valence-electron chi connectivity index (χ1n) is 5.58. The quantitative estimate of drug-likeness (QED) is 0.679. The third kappa shape index (κ3) is 3.45. The zero-order chi connectivity index (χ0) is 13.7. The number of benzene rings is 2. The van der Waals surface area contributed by atoms with Crippen LogP contribution in [0.1, 0.15) is 5.56 Å². The summed E-state index contributed by atoms with van der Waals surface area (Å²) in [6, 6.07) is 12.3. The molecule has 0 saturated heterocycles. The predicted molar refractivity (Wildman–Crippen MR) is 75.6 cm³/mol. The molecule has 19 heavy (non-hydrogen) atoms. The van der Waals surface area contributed by atoms with E-state index in [0.29, 0.717) is 5.56 Å². The van der Waals surface area contributed by atoms with Crippen LogP contribution in [0.2, 0.25) is 5.02 Å². The molecule has 0 unspecified atom stereocenters. The molecular formula is C14H12ClFN2O. The van der Waals surface area contributed by atoms with Crippen LogP contribution in [0.3, 0.4) is 0 Å². The summed E-state index contributed by atoms with van der Waals surface area (Å²) in [6.45, 7) is 0. The van der Waals surface area contributed by atoms with Crippen LogP contribution in [-0.2, 0) is 0 Å². The molecule has 0 atom stereocenters. The van der Waals surface area contributed by atoms with Gasteiger partial charge in [-0.05, 0) is 29.8 Å². The van der Waals surface area contributed by atoms with Gasteiger partial charge in [-0.1, -0.05) is 29.8 Å². The minimum atomic E-state index is -0.517. The van der Waals surface area contributed by atoms with Crippen molar-refractivity contribution in [2.45, 2.75) is 0 Å². The van der Waals surface area contributed by atoms with Gasteiger partial charge in [-0.25, -0.2) is 4.39 Å². The fourth-order valence-corrected chi connectivity index (χ4v) is 1.84. The van der Waals surface area contributed by atoms with Crippen LogP contribution in [0.5, 0.6) is 5.75 Å². The van der Waals surface area contributed by atoms with E-state index in [-0.39, 0.29) is 10.8 Å². The minimum Gasteiger partial charge on any atom is -0.492 e. The molecule has 5 heteroatoms. The number of hydrazone groups is 1. The molecule has 2 aromatic rings. The monoisotopic (exact) mass is 278 g/mol. The summed E-state index contributed by atoms with van der Waals surface area (Å²) in [5.41, 5.74) is 4.23. The summed E-state index contributed by atoms with van der Waals surface area (Å²) in [4.78, 5) is 0. The summed E-state index contributed by atoms with van der Waals surface area (Å²) in [6.07, 6.45) is 1.49. The Labute approximate surface area is 115 Å². The lowest BCUT2D eigenvalue weighted by atomic mass is 10.2. The maximum atomic E-state index is 13.6. The van der Waals surface area contributed by atoms with E-state index in [0.717, 1.165) is 5.69 Å². The van der Waals surface area contributed by atoms with Crippen molar-refractivity contribution in [3.63, 3.8) is 0 Å². The van der Waals surface area contributed by atoms with Gasteiger partial charge in [-0.3, -0.25) is 5.43 Å². The van der Waals surface area contributed by atoms with Crippen molar-refractivity contribution in [1.29, 1.82) is 0 Å². The van der Waals surface area contributed by atoms with Crippen molar-refractivity contribution in [1.82, 2.24) is 0 Å². The van der Waals surface area contributed by atoms with Gasteiger partial charge >= 0.3 is 0 Å². The van der Waals surface area contributed by atoms with Crippen LogP contribution in [-0.4, -0.2) is 13.3 Å². The number of anilines is 1. The summed E-state index contributed by atoms with van der Waals surface area (Å²) in [5, 5.41) is 4.22. The number of rotatable bonds is 4. The first kappa shape index (κ1) is 13.4. The van der Waals surface area contributed by atoms with Gasteiger partial charge in [0, 0.05) is 0 Å². The second kappa shape index (κ2) is 6.20. The Morgan fingerprint density at radius 1 is 1.26 bits per heavy atom. The second-order valence-electron chi connectivity index (χ2n) is 3.75. The number of ether oxygens (including phenoxy) is 1. The van der Waals surface area contributed by atoms with Crippen molar-refractivity contribution in [2.75, 3.05) is 12.5 Å². The molecule has 2 aromatic carbocycles.